The first-order valence-electron chi connectivity index (χ1n) is 15.6. The average Bonchev–Trinajstić information content (AvgIpc) is 3.67. The van der Waals surface area contributed by atoms with Gasteiger partial charge in [0.1, 0.15) is 22.3 Å². The van der Waals surface area contributed by atoms with Crippen LogP contribution in [0.1, 0.15) is 11.4 Å². The highest BCUT2D eigenvalue weighted by atomic mass is 16.3. The Morgan fingerprint density at radius 3 is 1.24 bits per heavy atom. The van der Waals surface area contributed by atoms with Crippen LogP contribution in [-0.4, -0.2) is 4.98 Å². The summed E-state index contributed by atoms with van der Waals surface area (Å²) in [7, 11) is 0. The molecule has 0 unspecified atom stereocenters. The van der Waals surface area contributed by atoms with E-state index in [0.29, 0.717) is 0 Å². The van der Waals surface area contributed by atoms with E-state index in [0.717, 1.165) is 99.8 Å². The van der Waals surface area contributed by atoms with E-state index in [2.05, 4.69) is 129 Å². The lowest BCUT2D eigenvalue weighted by atomic mass is 9.93. The molecule has 9 rings (SSSR count). The van der Waals surface area contributed by atoms with Crippen LogP contribution in [-0.2, 0) is 0 Å². The van der Waals surface area contributed by atoms with E-state index < -0.39 is 0 Å². The minimum Gasteiger partial charge on any atom is -0.455 e. The summed E-state index contributed by atoms with van der Waals surface area (Å²) in [4.78, 5) is 5.05. The molecule has 3 heterocycles. The zero-order valence-corrected chi connectivity index (χ0v) is 25.5. The first-order valence-corrected chi connectivity index (χ1v) is 15.6. The Morgan fingerprint density at radius 2 is 0.761 bits per heavy atom. The molecule has 46 heavy (non-hydrogen) atoms. The minimum atomic E-state index is 0.906. The minimum absolute atomic E-state index is 0.906. The standard InChI is InChI=1S/C43H29NO2/c1-26-38(30-13-7-11-28(23-30)32-17-9-19-36-34-15-3-5-21-40(34)45-42(32)36)25-39(27(2)44-26)31-14-8-12-29(24-31)33-18-10-20-37-35-16-4-6-22-41(35)46-43(33)37/h3-25H,1-2H3. The van der Waals surface area contributed by atoms with Crippen molar-refractivity contribution >= 4 is 43.9 Å². The highest BCUT2D eigenvalue weighted by Crippen LogP contribution is 2.40. The summed E-state index contributed by atoms with van der Waals surface area (Å²) in [6, 6.07) is 49.0. The van der Waals surface area contributed by atoms with Crippen LogP contribution in [0, 0.1) is 13.8 Å². The van der Waals surface area contributed by atoms with Crippen molar-refractivity contribution in [1.82, 2.24) is 4.98 Å². The zero-order valence-electron chi connectivity index (χ0n) is 25.5. The molecule has 3 nitrogen and oxygen atoms in total. The van der Waals surface area contributed by atoms with Crippen LogP contribution in [0.4, 0.5) is 0 Å². The third-order valence-electron chi connectivity index (χ3n) is 9.18. The lowest BCUT2D eigenvalue weighted by Crippen LogP contribution is -1.95. The van der Waals surface area contributed by atoms with Crippen molar-refractivity contribution in [2.75, 3.05) is 0 Å². The second kappa shape index (κ2) is 10.3. The van der Waals surface area contributed by atoms with Gasteiger partial charge in [-0.25, -0.2) is 0 Å². The predicted octanol–water partition coefficient (Wildman–Crippen LogP) is 12.2. The zero-order chi connectivity index (χ0) is 30.8. The van der Waals surface area contributed by atoms with Crippen molar-refractivity contribution in [3.63, 3.8) is 0 Å². The second-order valence-corrected chi connectivity index (χ2v) is 12.0. The Bertz CT molecular complexity index is 2440. The molecule has 0 saturated heterocycles. The highest BCUT2D eigenvalue weighted by Gasteiger charge is 2.16. The number of para-hydroxylation sites is 4. The Kier molecular flexibility index (Phi) is 5.94. The van der Waals surface area contributed by atoms with Gasteiger partial charge in [0, 0.05) is 55.2 Å². The van der Waals surface area contributed by atoms with Gasteiger partial charge < -0.3 is 8.83 Å². The van der Waals surface area contributed by atoms with E-state index in [1.165, 1.54) is 0 Å². The van der Waals surface area contributed by atoms with Crippen LogP contribution >= 0.6 is 0 Å². The van der Waals surface area contributed by atoms with Gasteiger partial charge in [0.05, 0.1) is 0 Å². The molecule has 0 atom stereocenters. The molecule has 0 aliphatic heterocycles. The molecule has 0 bridgehead atoms. The highest BCUT2D eigenvalue weighted by molar-refractivity contribution is 6.10. The van der Waals surface area contributed by atoms with Gasteiger partial charge >= 0.3 is 0 Å². The maximum absolute atomic E-state index is 6.37. The van der Waals surface area contributed by atoms with E-state index in [1.807, 2.05) is 24.3 Å². The average molecular weight is 592 g/mol. The molecule has 6 aromatic carbocycles. The number of nitrogens with zero attached hydrogens (tertiary/aromatic N) is 1. The lowest BCUT2D eigenvalue weighted by Gasteiger charge is -2.14. The number of benzene rings is 6. The molecule has 3 heteroatoms. The van der Waals surface area contributed by atoms with E-state index >= 15 is 0 Å². The van der Waals surface area contributed by atoms with Crippen molar-refractivity contribution in [1.29, 1.82) is 0 Å². The molecule has 0 radical (unpaired) electrons. The molecule has 0 amide bonds. The van der Waals surface area contributed by atoms with Crippen molar-refractivity contribution < 1.29 is 8.83 Å². The van der Waals surface area contributed by atoms with Crippen LogP contribution in [0.25, 0.3) is 88.4 Å². The third-order valence-corrected chi connectivity index (χ3v) is 9.18. The van der Waals surface area contributed by atoms with E-state index in [9.17, 15) is 0 Å². The van der Waals surface area contributed by atoms with Crippen LogP contribution in [0.2, 0.25) is 0 Å². The lowest BCUT2D eigenvalue weighted by molar-refractivity contribution is 0.669. The molecule has 218 valence electrons. The molecule has 0 aliphatic carbocycles. The topological polar surface area (TPSA) is 39.2 Å². The number of rotatable bonds is 4. The van der Waals surface area contributed by atoms with Crippen LogP contribution in [0.3, 0.4) is 0 Å². The number of fused-ring (bicyclic) bond motifs is 6. The fraction of sp³-hybridized carbons (Fsp3) is 0.0465. The van der Waals surface area contributed by atoms with E-state index in [1.54, 1.807) is 0 Å². The Labute approximate surface area is 266 Å². The Hall–Kier alpha value is -5.93. The summed E-state index contributed by atoms with van der Waals surface area (Å²) in [5, 5.41) is 4.54. The summed E-state index contributed by atoms with van der Waals surface area (Å²) in [6.07, 6.45) is 0. The second-order valence-electron chi connectivity index (χ2n) is 12.0. The predicted molar refractivity (Wildman–Crippen MR) is 190 cm³/mol. The molecule has 0 spiro atoms. The van der Waals surface area contributed by atoms with E-state index in [4.69, 9.17) is 13.8 Å². The molecular formula is C43H29NO2. The van der Waals surface area contributed by atoms with Gasteiger partial charge in [-0.1, -0.05) is 109 Å². The summed E-state index contributed by atoms with van der Waals surface area (Å²) in [6.45, 7) is 4.19. The number of aryl methyl sites for hydroxylation is 2. The molecule has 3 aromatic heterocycles. The van der Waals surface area contributed by atoms with Crippen LogP contribution in [0.5, 0.6) is 0 Å². The fourth-order valence-corrected chi connectivity index (χ4v) is 6.97. The van der Waals surface area contributed by atoms with Gasteiger partial charge in [0.25, 0.3) is 0 Å². The van der Waals surface area contributed by atoms with Gasteiger partial charge in [-0.15, -0.1) is 0 Å². The number of hydrogen-bond donors (Lipinski definition) is 0. The van der Waals surface area contributed by atoms with Crippen LogP contribution in [0.15, 0.2) is 148 Å². The van der Waals surface area contributed by atoms with Crippen molar-refractivity contribution in [2.24, 2.45) is 0 Å². The SMILES string of the molecule is Cc1nc(C)c(-c2cccc(-c3cccc4c3oc3ccccc34)c2)cc1-c1cccc(-c2cccc3c2oc2ccccc23)c1. The Balaban J connectivity index is 1.15. The number of pyridine rings is 1. The van der Waals surface area contributed by atoms with E-state index in [-0.39, 0.29) is 0 Å². The summed E-state index contributed by atoms with van der Waals surface area (Å²) >= 11 is 0. The molecular weight excluding hydrogens is 562 g/mol. The maximum Gasteiger partial charge on any atom is 0.143 e. The first-order chi connectivity index (χ1) is 22.6. The van der Waals surface area contributed by atoms with Gasteiger partial charge in [0.2, 0.25) is 0 Å². The number of furan rings is 2. The molecule has 0 fully saturated rings. The first kappa shape index (κ1) is 26.5. The molecule has 0 saturated carbocycles. The van der Waals surface area contributed by atoms with Gasteiger partial charge in [0.15, 0.2) is 0 Å². The van der Waals surface area contributed by atoms with Crippen molar-refractivity contribution in [2.45, 2.75) is 13.8 Å². The van der Waals surface area contributed by atoms with Gasteiger partial charge in [-0.2, -0.15) is 0 Å². The normalized spacial score (nSPS) is 11.7. The molecule has 9 aromatic rings. The smallest absolute Gasteiger partial charge is 0.143 e. The summed E-state index contributed by atoms with van der Waals surface area (Å²) in [5.74, 6) is 0. The summed E-state index contributed by atoms with van der Waals surface area (Å²) < 4.78 is 12.7. The monoisotopic (exact) mass is 591 g/mol. The molecule has 0 N–H and O–H groups in total. The molecule has 0 aliphatic rings. The largest absolute Gasteiger partial charge is 0.455 e. The quantitative estimate of drug-likeness (QED) is 0.204. The van der Waals surface area contributed by atoms with Gasteiger partial charge in [-0.3, -0.25) is 4.98 Å². The van der Waals surface area contributed by atoms with Crippen LogP contribution < -0.4 is 0 Å². The Morgan fingerprint density at radius 1 is 0.370 bits per heavy atom. The fourth-order valence-electron chi connectivity index (χ4n) is 6.97. The van der Waals surface area contributed by atoms with Crippen molar-refractivity contribution in [3.05, 3.63) is 151 Å². The maximum atomic E-state index is 6.37. The third kappa shape index (κ3) is 4.17. The number of aromatic nitrogens is 1. The van der Waals surface area contributed by atoms with Gasteiger partial charge in [-0.05, 0) is 66.4 Å². The summed E-state index contributed by atoms with van der Waals surface area (Å²) in [5.41, 5.74) is 14.5. The van der Waals surface area contributed by atoms with Crippen molar-refractivity contribution in [3.8, 4) is 44.5 Å². The number of hydrogen-bond acceptors (Lipinski definition) is 3.